The molecule has 0 radical (unpaired) electrons. The van der Waals surface area contributed by atoms with E-state index in [4.69, 9.17) is 24.4 Å². The van der Waals surface area contributed by atoms with Gasteiger partial charge in [-0.3, -0.25) is 0 Å². The molecule has 0 aromatic heterocycles. The van der Waals surface area contributed by atoms with Gasteiger partial charge in [0.25, 0.3) is 0 Å². The van der Waals surface area contributed by atoms with Crippen molar-refractivity contribution in [2.24, 2.45) is 11.8 Å². The highest BCUT2D eigenvalue weighted by molar-refractivity contribution is 6.01. The minimum Gasteiger partial charge on any atom is -0.478 e. The third-order valence-corrected chi connectivity index (χ3v) is 5.92. The van der Waals surface area contributed by atoms with Crippen molar-refractivity contribution in [2.75, 3.05) is 19.8 Å². The molecule has 8 heteroatoms. The molecule has 3 unspecified atom stereocenters. The van der Waals surface area contributed by atoms with E-state index in [-0.39, 0.29) is 34.6 Å². The Labute approximate surface area is 169 Å². The summed E-state index contributed by atoms with van der Waals surface area (Å²) in [6, 6.07) is 0. The SMILES string of the molecule is C=CC(=O)OC1(CCCOCC2CO2)CC1.O=C(O)C1=C(C(=O)O)C2CCC1C2. The zero-order valence-electron chi connectivity index (χ0n) is 16.4. The second-order valence-electron chi connectivity index (χ2n) is 8.09. The molecular weight excluding hydrogens is 380 g/mol. The molecule has 1 saturated heterocycles. The molecule has 8 nitrogen and oxygen atoms in total. The molecular formula is C21H28O8. The summed E-state index contributed by atoms with van der Waals surface area (Å²) in [6.45, 7) is 5.64. The van der Waals surface area contributed by atoms with Crippen LogP contribution in [-0.2, 0) is 28.6 Å². The van der Waals surface area contributed by atoms with E-state index in [1.165, 1.54) is 6.08 Å². The Hall–Kier alpha value is -2.19. The number of carbonyl (C=O) groups is 3. The van der Waals surface area contributed by atoms with Crippen LogP contribution in [0.1, 0.15) is 44.9 Å². The first-order valence-corrected chi connectivity index (χ1v) is 10.1. The van der Waals surface area contributed by atoms with Gasteiger partial charge < -0.3 is 24.4 Å². The van der Waals surface area contributed by atoms with Crippen molar-refractivity contribution in [1.29, 1.82) is 0 Å². The van der Waals surface area contributed by atoms with Crippen LogP contribution in [0.3, 0.4) is 0 Å². The van der Waals surface area contributed by atoms with Crippen LogP contribution in [0.25, 0.3) is 0 Å². The van der Waals surface area contributed by atoms with Crippen LogP contribution < -0.4 is 0 Å². The highest BCUT2D eigenvalue weighted by atomic mass is 16.6. The van der Waals surface area contributed by atoms with Crippen molar-refractivity contribution >= 4 is 17.9 Å². The van der Waals surface area contributed by atoms with Crippen LogP contribution in [0.5, 0.6) is 0 Å². The Morgan fingerprint density at radius 3 is 2.17 bits per heavy atom. The van der Waals surface area contributed by atoms with E-state index >= 15 is 0 Å². The molecule has 160 valence electrons. The average Bonchev–Trinajstić information content (AvgIpc) is 3.58. The summed E-state index contributed by atoms with van der Waals surface area (Å²) in [5, 5.41) is 17.7. The van der Waals surface area contributed by atoms with Crippen molar-refractivity contribution in [1.82, 2.24) is 0 Å². The maximum absolute atomic E-state index is 11.1. The van der Waals surface area contributed by atoms with Gasteiger partial charge in [0.05, 0.1) is 24.4 Å². The summed E-state index contributed by atoms with van der Waals surface area (Å²) < 4.78 is 15.8. The second kappa shape index (κ2) is 9.09. The number of aliphatic carboxylic acids is 2. The molecule has 1 heterocycles. The van der Waals surface area contributed by atoms with Gasteiger partial charge >= 0.3 is 17.9 Å². The summed E-state index contributed by atoms with van der Waals surface area (Å²) in [5.74, 6) is -2.43. The lowest BCUT2D eigenvalue weighted by Crippen LogP contribution is -2.19. The lowest BCUT2D eigenvalue weighted by atomic mass is 9.92. The monoisotopic (exact) mass is 408 g/mol. The van der Waals surface area contributed by atoms with Gasteiger partial charge in [-0.2, -0.15) is 0 Å². The Kier molecular flexibility index (Phi) is 6.74. The van der Waals surface area contributed by atoms with E-state index in [1.807, 2.05) is 0 Å². The maximum atomic E-state index is 11.1. The molecule has 2 saturated carbocycles. The van der Waals surface area contributed by atoms with Gasteiger partial charge in [0.15, 0.2) is 0 Å². The van der Waals surface area contributed by atoms with Gasteiger partial charge in [0.1, 0.15) is 11.7 Å². The Morgan fingerprint density at radius 1 is 1.14 bits per heavy atom. The van der Waals surface area contributed by atoms with Crippen molar-refractivity contribution < 1.29 is 38.8 Å². The van der Waals surface area contributed by atoms with Gasteiger partial charge in [-0.15, -0.1) is 0 Å². The minimum atomic E-state index is -1.05. The highest BCUT2D eigenvalue weighted by Gasteiger charge is 2.46. The predicted octanol–water partition coefficient (Wildman–Crippen LogP) is 2.33. The van der Waals surface area contributed by atoms with Crippen molar-refractivity contribution in [3.63, 3.8) is 0 Å². The van der Waals surface area contributed by atoms with Crippen LogP contribution >= 0.6 is 0 Å². The molecule has 2 N–H and O–H groups in total. The first-order chi connectivity index (χ1) is 13.8. The molecule has 3 fully saturated rings. The molecule has 4 aliphatic rings. The standard InChI is InChI=1S/C12H18O4.C9H10O4/c1-2-11(13)16-12(5-6-12)4-3-7-14-8-10-9-15-10;10-8(11)6-4-1-2-5(3-4)7(6)9(12)13/h2,10H,1,3-9H2;4-5H,1-3H2,(H,10,11)(H,12,13). The van der Waals surface area contributed by atoms with E-state index in [2.05, 4.69) is 6.58 Å². The van der Waals surface area contributed by atoms with Gasteiger partial charge in [-0.25, -0.2) is 14.4 Å². The summed E-state index contributed by atoms with van der Waals surface area (Å²) in [7, 11) is 0. The third kappa shape index (κ3) is 5.67. The Balaban J connectivity index is 0.000000169. The second-order valence-corrected chi connectivity index (χ2v) is 8.09. The number of hydrogen-bond acceptors (Lipinski definition) is 6. The molecule has 1 aliphatic heterocycles. The van der Waals surface area contributed by atoms with Crippen LogP contribution in [0.4, 0.5) is 0 Å². The predicted molar refractivity (Wildman–Crippen MR) is 101 cm³/mol. The zero-order valence-corrected chi connectivity index (χ0v) is 16.4. The van der Waals surface area contributed by atoms with Crippen molar-refractivity contribution in [3.8, 4) is 0 Å². The lowest BCUT2D eigenvalue weighted by Gasteiger charge is -2.15. The van der Waals surface area contributed by atoms with Crippen molar-refractivity contribution in [3.05, 3.63) is 23.8 Å². The number of ether oxygens (including phenoxy) is 3. The molecule has 0 amide bonds. The number of carbonyl (C=O) groups excluding carboxylic acids is 1. The van der Waals surface area contributed by atoms with Gasteiger partial charge in [0, 0.05) is 12.7 Å². The third-order valence-electron chi connectivity index (χ3n) is 5.92. The van der Waals surface area contributed by atoms with Gasteiger partial charge in [-0.1, -0.05) is 6.58 Å². The Bertz CT molecular complexity index is 671. The molecule has 0 spiro atoms. The topological polar surface area (TPSA) is 123 Å². The first-order valence-electron chi connectivity index (χ1n) is 10.1. The van der Waals surface area contributed by atoms with E-state index in [1.54, 1.807) is 0 Å². The molecule has 4 rings (SSSR count). The summed E-state index contributed by atoms with van der Waals surface area (Å²) in [5.41, 5.74) is 0.109. The number of hydrogen-bond donors (Lipinski definition) is 2. The van der Waals surface area contributed by atoms with E-state index < -0.39 is 11.9 Å². The molecule has 3 atom stereocenters. The quantitative estimate of drug-likeness (QED) is 0.244. The van der Waals surface area contributed by atoms with Crippen LogP contribution in [-0.4, -0.2) is 59.6 Å². The molecule has 0 aromatic carbocycles. The molecule has 3 aliphatic carbocycles. The van der Waals surface area contributed by atoms with Crippen molar-refractivity contribution in [2.45, 2.75) is 56.7 Å². The molecule has 2 bridgehead atoms. The highest BCUT2D eigenvalue weighted by Crippen LogP contribution is 2.48. The summed E-state index contributed by atoms with van der Waals surface area (Å²) in [6.07, 6.45) is 7.70. The fourth-order valence-corrected chi connectivity index (χ4v) is 4.20. The van der Waals surface area contributed by atoms with E-state index in [9.17, 15) is 14.4 Å². The van der Waals surface area contributed by atoms with Crippen LogP contribution in [0, 0.1) is 11.8 Å². The minimum absolute atomic E-state index is 0.00593. The summed E-state index contributed by atoms with van der Waals surface area (Å²) >= 11 is 0. The number of carboxylic acid groups (broad SMARTS) is 2. The number of carboxylic acids is 2. The van der Waals surface area contributed by atoms with E-state index in [0.717, 1.165) is 51.6 Å². The van der Waals surface area contributed by atoms with Crippen LogP contribution in [0.15, 0.2) is 23.8 Å². The average molecular weight is 408 g/mol. The summed E-state index contributed by atoms with van der Waals surface area (Å²) in [4.78, 5) is 32.6. The number of epoxide rings is 1. The number of rotatable bonds is 10. The normalized spacial score (nSPS) is 27.7. The first kappa shape index (κ1) is 21.5. The lowest BCUT2D eigenvalue weighted by molar-refractivity contribution is -0.145. The fraction of sp³-hybridized carbons (Fsp3) is 0.667. The zero-order chi connectivity index (χ0) is 21.0. The van der Waals surface area contributed by atoms with Gasteiger partial charge in [0.2, 0.25) is 0 Å². The number of fused-ring (bicyclic) bond motifs is 2. The number of esters is 1. The maximum Gasteiger partial charge on any atom is 0.332 e. The van der Waals surface area contributed by atoms with Gasteiger partial charge in [-0.05, 0) is 56.8 Å². The van der Waals surface area contributed by atoms with Crippen LogP contribution in [0.2, 0.25) is 0 Å². The van der Waals surface area contributed by atoms with E-state index in [0.29, 0.717) is 19.3 Å². The molecule has 0 aromatic rings. The smallest absolute Gasteiger partial charge is 0.332 e. The Morgan fingerprint density at radius 2 is 1.72 bits per heavy atom. The largest absolute Gasteiger partial charge is 0.478 e. The fourth-order valence-electron chi connectivity index (χ4n) is 4.20. The molecule has 29 heavy (non-hydrogen) atoms.